The van der Waals surface area contributed by atoms with Gasteiger partial charge in [-0.1, -0.05) is 6.07 Å². The van der Waals surface area contributed by atoms with E-state index in [-0.39, 0.29) is 4.75 Å². The number of thioether (sulfide) groups is 1. The van der Waals surface area contributed by atoms with Crippen LogP contribution in [0.1, 0.15) is 30.9 Å². The van der Waals surface area contributed by atoms with Crippen LogP contribution in [0.5, 0.6) is 0 Å². The molecule has 0 spiro atoms. The van der Waals surface area contributed by atoms with E-state index < -0.39 is 10.0 Å². The van der Waals surface area contributed by atoms with Crippen LogP contribution < -0.4 is 10.5 Å². The van der Waals surface area contributed by atoms with Gasteiger partial charge in [-0.05, 0) is 55.7 Å². The average molecular weight is 314 g/mol. The maximum absolute atomic E-state index is 12.3. The SMILES string of the molecule is Cc1ccc(S(=O)(=O)NCC2(C)CCCS2)cc1CN. The van der Waals surface area contributed by atoms with E-state index in [9.17, 15) is 8.42 Å². The number of nitrogens with one attached hydrogen (secondary N) is 1. The van der Waals surface area contributed by atoms with Gasteiger partial charge in [0.25, 0.3) is 0 Å². The molecule has 112 valence electrons. The average Bonchev–Trinajstić information content (AvgIpc) is 2.85. The summed E-state index contributed by atoms with van der Waals surface area (Å²) in [5, 5.41) is 0. The molecular formula is C14H22N2O2S2. The number of hydrogen-bond donors (Lipinski definition) is 2. The molecule has 3 N–H and O–H groups in total. The van der Waals surface area contributed by atoms with Gasteiger partial charge in [0.05, 0.1) is 4.90 Å². The first-order valence-electron chi connectivity index (χ1n) is 6.79. The number of aryl methyl sites for hydroxylation is 1. The molecule has 4 nitrogen and oxygen atoms in total. The molecule has 1 unspecified atom stereocenters. The predicted molar refractivity (Wildman–Crippen MR) is 84.4 cm³/mol. The molecular weight excluding hydrogens is 292 g/mol. The van der Waals surface area contributed by atoms with E-state index >= 15 is 0 Å². The lowest BCUT2D eigenvalue weighted by Crippen LogP contribution is -2.36. The summed E-state index contributed by atoms with van der Waals surface area (Å²) in [5.41, 5.74) is 7.53. The predicted octanol–water partition coefficient (Wildman–Crippen LogP) is 2.02. The molecule has 0 saturated carbocycles. The van der Waals surface area contributed by atoms with Gasteiger partial charge in [0.15, 0.2) is 0 Å². The van der Waals surface area contributed by atoms with Crippen molar-refractivity contribution in [1.82, 2.24) is 4.72 Å². The molecule has 0 radical (unpaired) electrons. The summed E-state index contributed by atoms with van der Waals surface area (Å²) in [4.78, 5) is 0.301. The van der Waals surface area contributed by atoms with Crippen molar-refractivity contribution in [1.29, 1.82) is 0 Å². The Morgan fingerprint density at radius 1 is 1.45 bits per heavy atom. The van der Waals surface area contributed by atoms with Crippen LogP contribution in [0.2, 0.25) is 0 Å². The van der Waals surface area contributed by atoms with E-state index in [1.54, 1.807) is 12.1 Å². The number of benzene rings is 1. The van der Waals surface area contributed by atoms with Crippen molar-refractivity contribution in [3.8, 4) is 0 Å². The molecule has 1 saturated heterocycles. The fraction of sp³-hybridized carbons (Fsp3) is 0.571. The second kappa shape index (κ2) is 6.05. The van der Waals surface area contributed by atoms with Crippen LogP contribution >= 0.6 is 11.8 Å². The van der Waals surface area contributed by atoms with Gasteiger partial charge >= 0.3 is 0 Å². The lowest BCUT2D eigenvalue weighted by atomic mass is 10.1. The highest BCUT2D eigenvalue weighted by Crippen LogP contribution is 2.37. The number of sulfonamides is 1. The van der Waals surface area contributed by atoms with Crippen molar-refractivity contribution >= 4 is 21.8 Å². The third kappa shape index (κ3) is 3.55. The smallest absolute Gasteiger partial charge is 0.240 e. The van der Waals surface area contributed by atoms with Crippen molar-refractivity contribution in [3.63, 3.8) is 0 Å². The molecule has 1 aromatic carbocycles. The molecule has 1 fully saturated rings. The first kappa shape index (κ1) is 15.8. The molecule has 0 bridgehead atoms. The minimum Gasteiger partial charge on any atom is -0.326 e. The first-order valence-corrected chi connectivity index (χ1v) is 9.26. The number of rotatable bonds is 5. The largest absolute Gasteiger partial charge is 0.326 e. The Balaban J connectivity index is 2.14. The van der Waals surface area contributed by atoms with Crippen molar-refractivity contribution in [2.75, 3.05) is 12.3 Å². The van der Waals surface area contributed by atoms with E-state index in [0.29, 0.717) is 18.0 Å². The van der Waals surface area contributed by atoms with E-state index in [1.165, 1.54) is 0 Å². The zero-order chi connectivity index (χ0) is 14.8. The van der Waals surface area contributed by atoms with Gasteiger partial charge in [-0.25, -0.2) is 13.1 Å². The van der Waals surface area contributed by atoms with Crippen LogP contribution in [0, 0.1) is 6.92 Å². The summed E-state index contributed by atoms with van der Waals surface area (Å²) < 4.78 is 27.5. The standard InChI is InChI=1S/C14H22N2O2S2/c1-11-4-5-13(8-12(11)9-15)20(17,18)16-10-14(2)6-3-7-19-14/h4-5,8,16H,3,6-7,9-10,15H2,1-2H3. The lowest BCUT2D eigenvalue weighted by Gasteiger charge is -2.23. The third-order valence-corrected chi connectivity index (χ3v) is 6.72. The number of nitrogens with two attached hydrogens (primary N) is 1. The molecule has 0 aliphatic carbocycles. The van der Waals surface area contributed by atoms with Crippen LogP contribution in [0.3, 0.4) is 0 Å². The van der Waals surface area contributed by atoms with Gasteiger partial charge in [0.2, 0.25) is 10.0 Å². The summed E-state index contributed by atoms with van der Waals surface area (Å²) >= 11 is 1.84. The van der Waals surface area contributed by atoms with E-state index in [0.717, 1.165) is 29.7 Å². The zero-order valence-electron chi connectivity index (χ0n) is 12.0. The quantitative estimate of drug-likeness (QED) is 0.872. The van der Waals surface area contributed by atoms with Gasteiger partial charge < -0.3 is 5.73 Å². The first-order chi connectivity index (χ1) is 9.36. The van der Waals surface area contributed by atoms with Crippen molar-refractivity contribution in [2.45, 2.75) is 42.9 Å². The van der Waals surface area contributed by atoms with Gasteiger partial charge in [-0.2, -0.15) is 11.8 Å². The normalized spacial score (nSPS) is 23.1. The van der Waals surface area contributed by atoms with Crippen molar-refractivity contribution < 1.29 is 8.42 Å². The molecule has 1 aliphatic heterocycles. The van der Waals surface area contributed by atoms with E-state index in [2.05, 4.69) is 11.6 Å². The van der Waals surface area contributed by atoms with Gasteiger partial charge in [0, 0.05) is 17.8 Å². The number of hydrogen-bond acceptors (Lipinski definition) is 4. The van der Waals surface area contributed by atoms with Crippen molar-refractivity contribution in [3.05, 3.63) is 29.3 Å². The van der Waals surface area contributed by atoms with Gasteiger partial charge in [-0.15, -0.1) is 0 Å². The van der Waals surface area contributed by atoms with E-state index in [4.69, 9.17) is 5.73 Å². The Bertz CT molecular complexity index is 579. The molecule has 1 aromatic rings. The Morgan fingerprint density at radius 3 is 2.80 bits per heavy atom. The molecule has 20 heavy (non-hydrogen) atoms. The van der Waals surface area contributed by atoms with Crippen LogP contribution in [0.15, 0.2) is 23.1 Å². The Morgan fingerprint density at radius 2 is 2.20 bits per heavy atom. The maximum atomic E-state index is 12.3. The fourth-order valence-corrected chi connectivity index (χ4v) is 4.90. The summed E-state index contributed by atoms with van der Waals surface area (Å²) in [6, 6.07) is 5.12. The van der Waals surface area contributed by atoms with Crippen molar-refractivity contribution in [2.24, 2.45) is 5.73 Å². The minimum absolute atomic E-state index is 0.0223. The van der Waals surface area contributed by atoms with Crippen LogP contribution in [-0.2, 0) is 16.6 Å². The highest BCUT2D eigenvalue weighted by molar-refractivity contribution is 8.01. The van der Waals surface area contributed by atoms with E-state index in [1.807, 2.05) is 24.8 Å². The third-order valence-electron chi connectivity index (χ3n) is 3.79. The summed E-state index contributed by atoms with van der Waals surface area (Å²) in [6.07, 6.45) is 2.22. The monoisotopic (exact) mass is 314 g/mol. The Hall–Kier alpha value is -0.560. The molecule has 2 rings (SSSR count). The zero-order valence-corrected chi connectivity index (χ0v) is 13.6. The highest BCUT2D eigenvalue weighted by Gasteiger charge is 2.31. The van der Waals surface area contributed by atoms with Crippen LogP contribution in [0.25, 0.3) is 0 Å². The summed E-state index contributed by atoms with van der Waals surface area (Å²) in [5.74, 6) is 1.11. The molecule has 1 heterocycles. The highest BCUT2D eigenvalue weighted by atomic mass is 32.2. The lowest BCUT2D eigenvalue weighted by molar-refractivity contribution is 0.552. The minimum atomic E-state index is -3.45. The summed E-state index contributed by atoms with van der Waals surface area (Å²) in [6.45, 7) is 4.88. The van der Waals surface area contributed by atoms with Gasteiger partial charge in [-0.3, -0.25) is 0 Å². The molecule has 6 heteroatoms. The van der Waals surface area contributed by atoms with Crippen LogP contribution in [-0.4, -0.2) is 25.5 Å². The Labute approximate surface area is 125 Å². The summed E-state index contributed by atoms with van der Waals surface area (Å²) in [7, 11) is -3.45. The second-order valence-corrected chi connectivity index (χ2v) is 8.97. The molecule has 0 amide bonds. The van der Waals surface area contributed by atoms with Crippen LogP contribution in [0.4, 0.5) is 0 Å². The second-order valence-electron chi connectivity index (χ2n) is 5.52. The fourth-order valence-electron chi connectivity index (χ4n) is 2.34. The van der Waals surface area contributed by atoms with Gasteiger partial charge in [0.1, 0.15) is 0 Å². The molecule has 1 atom stereocenters. The topological polar surface area (TPSA) is 72.2 Å². The molecule has 0 aromatic heterocycles. The maximum Gasteiger partial charge on any atom is 0.240 e. The molecule has 1 aliphatic rings. The Kier molecular flexibility index (Phi) is 4.79.